The number of benzene rings is 2. The SMILES string of the molecule is CNC(=O)/C(=N\OC)c1ccccc1CO/N=C/Cc1cccc(C=C(Br)Br)c1. The summed E-state index contributed by atoms with van der Waals surface area (Å²) in [6.07, 6.45) is 4.31. The van der Waals surface area contributed by atoms with Crippen LogP contribution in [0.25, 0.3) is 6.08 Å². The molecule has 1 amide bonds. The second-order valence-electron chi connectivity index (χ2n) is 5.80. The highest BCUT2D eigenvalue weighted by molar-refractivity contribution is 9.28. The number of amides is 1. The van der Waals surface area contributed by atoms with Gasteiger partial charge in [-0.2, -0.15) is 0 Å². The van der Waals surface area contributed by atoms with Crippen LogP contribution in [0.1, 0.15) is 22.3 Å². The summed E-state index contributed by atoms with van der Waals surface area (Å²) >= 11 is 6.72. The van der Waals surface area contributed by atoms with E-state index >= 15 is 0 Å². The van der Waals surface area contributed by atoms with Gasteiger partial charge in [0.1, 0.15) is 13.7 Å². The number of carbonyl (C=O) groups is 1. The molecule has 0 heterocycles. The molecular weight excluding hydrogens is 502 g/mol. The lowest BCUT2D eigenvalue weighted by molar-refractivity contribution is -0.114. The molecule has 0 saturated carbocycles. The van der Waals surface area contributed by atoms with Gasteiger partial charge in [0.25, 0.3) is 5.91 Å². The van der Waals surface area contributed by atoms with Crippen LogP contribution in [0.15, 0.2) is 62.2 Å². The van der Waals surface area contributed by atoms with Gasteiger partial charge in [-0.25, -0.2) is 0 Å². The van der Waals surface area contributed by atoms with E-state index in [1.165, 1.54) is 14.2 Å². The first-order chi connectivity index (χ1) is 14.0. The van der Waals surface area contributed by atoms with E-state index in [1.54, 1.807) is 12.3 Å². The third kappa shape index (κ3) is 7.47. The van der Waals surface area contributed by atoms with Gasteiger partial charge in [-0.05, 0) is 49.1 Å². The molecule has 0 unspecified atom stereocenters. The molecule has 2 aromatic rings. The van der Waals surface area contributed by atoms with E-state index in [0.29, 0.717) is 12.0 Å². The lowest BCUT2D eigenvalue weighted by Crippen LogP contribution is -2.29. The molecular formula is C21H21Br2N3O3. The molecule has 0 bridgehead atoms. The molecule has 0 saturated heterocycles. The van der Waals surface area contributed by atoms with Crippen LogP contribution < -0.4 is 5.32 Å². The number of nitrogens with one attached hydrogen (secondary N) is 1. The van der Waals surface area contributed by atoms with Crippen molar-refractivity contribution in [3.05, 3.63) is 74.2 Å². The zero-order valence-electron chi connectivity index (χ0n) is 16.1. The molecule has 0 fully saturated rings. The first kappa shape index (κ1) is 22.8. The Morgan fingerprint density at radius 3 is 2.69 bits per heavy atom. The predicted molar refractivity (Wildman–Crippen MR) is 123 cm³/mol. The standard InChI is InChI=1S/C21H21Br2N3O3/c1-24-21(27)20(26-28-2)18-9-4-3-8-17(18)14-29-25-11-10-15-6-5-7-16(12-15)13-19(22)23/h3-9,11-13H,10,14H2,1-2H3,(H,24,27)/b25-11+,26-20-. The van der Waals surface area contributed by atoms with Gasteiger partial charge in [-0.15, -0.1) is 0 Å². The summed E-state index contributed by atoms with van der Waals surface area (Å²) in [6, 6.07) is 15.4. The Labute approximate surface area is 186 Å². The third-order valence-corrected chi connectivity index (χ3v) is 4.28. The number of oxime groups is 2. The monoisotopic (exact) mass is 521 g/mol. The van der Waals surface area contributed by atoms with Crippen molar-refractivity contribution in [2.45, 2.75) is 13.0 Å². The smallest absolute Gasteiger partial charge is 0.273 e. The molecule has 152 valence electrons. The summed E-state index contributed by atoms with van der Waals surface area (Å²) < 4.78 is 0.881. The third-order valence-electron chi connectivity index (χ3n) is 3.82. The fourth-order valence-electron chi connectivity index (χ4n) is 2.54. The lowest BCUT2D eigenvalue weighted by Gasteiger charge is -2.09. The van der Waals surface area contributed by atoms with Crippen molar-refractivity contribution in [3.63, 3.8) is 0 Å². The number of hydrogen-bond donors (Lipinski definition) is 1. The Morgan fingerprint density at radius 1 is 1.17 bits per heavy atom. The zero-order valence-corrected chi connectivity index (χ0v) is 19.2. The van der Waals surface area contributed by atoms with Crippen LogP contribution in [-0.2, 0) is 27.5 Å². The van der Waals surface area contributed by atoms with E-state index in [-0.39, 0.29) is 18.2 Å². The highest BCUT2D eigenvalue weighted by atomic mass is 79.9. The molecule has 0 spiro atoms. The van der Waals surface area contributed by atoms with Crippen molar-refractivity contribution in [1.29, 1.82) is 0 Å². The highest BCUT2D eigenvalue weighted by Crippen LogP contribution is 2.18. The van der Waals surface area contributed by atoms with Crippen LogP contribution in [-0.4, -0.2) is 32.0 Å². The molecule has 0 aromatic heterocycles. The molecule has 29 heavy (non-hydrogen) atoms. The predicted octanol–water partition coefficient (Wildman–Crippen LogP) is 4.62. The molecule has 8 heteroatoms. The molecule has 2 rings (SSSR count). The van der Waals surface area contributed by atoms with E-state index in [4.69, 9.17) is 9.68 Å². The molecule has 0 aliphatic carbocycles. The van der Waals surface area contributed by atoms with Gasteiger partial charge in [0.15, 0.2) is 5.71 Å². The molecule has 1 N–H and O–H groups in total. The van der Waals surface area contributed by atoms with E-state index in [0.717, 1.165) is 20.1 Å². The minimum atomic E-state index is -0.341. The molecule has 0 atom stereocenters. The Hall–Kier alpha value is -2.45. The van der Waals surface area contributed by atoms with Crippen molar-refractivity contribution in [2.24, 2.45) is 10.3 Å². The maximum Gasteiger partial charge on any atom is 0.273 e. The normalized spacial score (nSPS) is 11.2. The summed E-state index contributed by atoms with van der Waals surface area (Å²) in [5.41, 5.74) is 3.78. The number of hydrogen-bond acceptors (Lipinski definition) is 5. The summed E-state index contributed by atoms with van der Waals surface area (Å²) in [6.45, 7) is 0.200. The number of nitrogens with zero attached hydrogens (tertiary/aromatic N) is 2. The minimum absolute atomic E-state index is 0.181. The van der Waals surface area contributed by atoms with Gasteiger partial charge in [0, 0.05) is 30.8 Å². The van der Waals surface area contributed by atoms with Crippen LogP contribution in [0.3, 0.4) is 0 Å². The first-order valence-electron chi connectivity index (χ1n) is 8.72. The maximum atomic E-state index is 12.1. The summed E-state index contributed by atoms with van der Waals surface area (Å²) in [7, 11) is 2.94. The zero-order chi connectivity index (χ0) is 21.1. The van der Waals surface area contributed by atoms with Crippen LogP contribution in [0.2, 0.25) is 0 Å². The Bertz CT molecular complexity index is 923. The van der Waals surface area contributed by atoms with Crippen molar-refractivity contribution < 1.29 is 14.5 Å². The van der Waals surface area contributed by atoms with E-state index in [2.05, 4.69) is 53.6 Å². The average Bonchev–Trinajstić information content (AvgIpc) is 2.71. The van der Waals surface area contributed by atoms with E-state index in [1.807, 2.05) is 42.5 Å². The molecule has 6 nitrogen and oxygen atoms in total. The molecule has 0 radical (unpaired) electrons. The summed E-state index contributed by atoms with van der Waals surface area (Å²) in [5, 5.41) is 10.4. The number of rotatable bonds is 9. The molecule has 0 aliphatic rings. The van der Waals surface area contributed by atoms with Crippen molar-refractivity contribution in [1.82, 2.24) is 5.32 Å². The Morgan fingerprint density at radius 2 is 1.97 bits per heavy atom. The fraction of sp³-hybridized carbons (Fsp3) is 0.190. The van der Waals surface area contributed by atoms with Crippen molar-refractivity contribution in [3.8, 4) is 0 Å². The van der Waals surface area contributed by atoms with Crippen molar-refractivity contribution >= 4 is 55.8 Å². The van der Waals surface area contributed by atoms with E-state index < -0.39 is 0 Å². The Balaban J connectivity index is 2.02. The fourth-order valence-corrected chi connectivity index (χ4v) is 3.07. The summed E-state index contributed by atoms with van der Waals surface area (Å²) in [4.78, 5) is 22.3. The van der Waals surface area contributed by atoms with Gasteiger partial charge in [-0.1, -0.05) is 58.8 Å². The maximum absolute atomic E-state index is 12.1. The van der Waals surface area contributed by atoms with Gasteiger partial charge in [0.05, 0.1) is 3.39 Å². The molecule has 0 aliphatic heterocycles. The lowest BCUT2D eigenvalue weighted by atomic mass is 10.0. The second kappa shape index (κ2) is 12.2. The molecule has 2 aromatic carbocycles. The largest absolute Gasteiger partial charge is 0.398 e. The van der Waals surface area contributed by atoms with E-state index in [9.17, 15) is 4.79 Å². The average molecular weight is 523 g/mol. The van der Waals surface area contributed by atoms with Gasteiger partial charge >= 0.3 is 0 Å². The first-order valence-corrected chi connectivity index (χ1v) is 10.3. The minimum Gasteiger partial charge on any atom is -0.398 e. The number of halogens is 2. The Kier molecular flexibility index (Phi) is 9.59. The summed E-state index contributed by atoms with van der Waals surface area (Å²) in [5.74, 6) is -0.341. The van der Waals surface area contributed by atoms with Gasteiger partial charge in [0.2, 0.25) is 0 Å². The van der Waals surface area contributed by atoms with Crippen LogP contribution in [0, 0.1) is 0 Å². The van der Waals surface area contributed by atoms with Crippen LogP contribution in [0.4, 0.5) is 0 Å². The highest BCUT2D eigenvalue weighted by Gasteiger charge is 2.17. The quantitative estimate of drug-likeness (QED) is 0.386. The van der Waals surface area contributed by atoms with Crippen molar-refractivity contribution in [2.75, 3.05) is 14.2 Å². The topological polar surface area (TPSA) is 72.3 Å². The second-order valence-corrected chi connectivity index (χ2v) is 8.58. The van der Waals surface area contributed by atoms with Crippen LogP contribution >= 0.6 is 31.9 Å². The van der Waals surface area contributed by atoms with Crippen LogP contribution in [0.5, 0.6) is 0 Å². The number of carbonyl (C=O) groups excluding carboxylic acids is 1. The number of likely N-dealkylation sites (N-methyl/N-ethyl adjacent to an activating group) is 1. The van der Waals surface area contributed by atoms with Gasteiger partial charge < -0.3 is 15.0 Å². The van der Waals surface area contributed by atoms with Gasteiger partial charge in [-0.3, -0.25) is 4.79 Å².